The van der Waals surface area contributed by atoms with Crippen molar-refractivity contribution in [3.8, 4) is 0 Å². The number of amides is 1. The summed E-state index contributed by atoms with van der Waals surface area (Å²) < 4.78 is 11.2. The largest absolute Gasteiger partial charge is 0.374 e. The van der Waals surface area contributed by atoms with E-state index < -0.39 is 0 Å². The highest BCUT2D eigenvalue weighted by atomic mass is 16.5. The normalized spacial score (nSPS) is 38.1. The molecule has 0 aromatic carbocycles. The Labute approximate surface area is 218 Å². The second kappa shape index (κ2) is 10.4. The fourth-order valence-electron chi connectivity index (χ4n) is 7.34. The number of ether oxygens (including phenoxy) is 2. The lowest BCUT2D eigenvalue weighted by Gasteiger charge is -2.47. The average Bonchev–Trinajstić information content (AvgIpc) is 3.78. The van der Waals surface area contributed by atoms with Crippen LogP contribution in [0.15, 0.2) is 23.9 Å². The standard InChI is InChI=1S/C30H49N3O3/c1-21-19-30(21)20-32(24-12-13-26(35-4)27(18-24)36-5)16-17-33(30)28(34)25-9-7-6-8-23(25)11-10-22(2)31-29(3)14-15-29/h12-13,18,21-23,25-27,31H,6-11,14-17,19-20H2,1-5H3/t21?,22?,23?,25-,26-,27?,30?/m1/s1. The highest BCUT2D eigenvalue weighted by Gasteiger charge is 2.60. The molecule has 1 heterocycles. The molecule has 4 aliphatic carbocycles. The van der Waals surface area contributed by atoms with Crippen LogP contribution in [-0.2, 0) is 14.3 Å². The number of carbonyl (C=O) groups excluding carboxylic acids is 1. The summed E-state index contributed by atoms with van der Waals surface area (Å²) in [4.78, 5) is 19.0. The third-order valence-electron chi connectivity index (χ3n) is 10.1. The minimum absolute atomic E-state index is 0.00208. The second-order valence-corrected chi connectivity index (χ2v) is 12.8. The molecule has 36 heavy (non-hydrogen) atoms. The van der Waals surface area contributed by atoms with Crippen molar-refractivity contribution in [3.63, 3.8) is 0 Å². The summed E-state index contributed by atoms with van der Waals surface area (Å²) in [5.41, 5.74) is 1.59. The summed E-state index contributed by atoms with van der Waals surface area (Å²) in [7, 11) is 3.48. The number of hydrogen-bond acceptors (Lipinski definition) is 5. The minimum atomic E-state index is -0.0652. The highest BCUT2D eigenvalue weighted by molar-refractivity contribution is 5.81. The Morgan fingerprint density at radius 3 is 2.56 bits per heavy atom. The molecule has 1 aliphatic heterocycles. The smallest absolute Gasteiger partial charge is 0.226 e. The molecule has 5 rings (SSSR count). The van der Waals surface area contributed by atoms with Crippen molar-refractivity contribution < 1.29 is 14.3 Å². The monoisotopic (exact) mass is 499 g/mol. The molecule has 4 fully saturated rings. The molecule has 0 aromatic rings. The maximum atomic E-state index is 14.1. The summed E-state index contributed by atoms with van der Waals surface area (Å²) in [6, 6.07) is 0.541. The third kappa shape index (κ3) is 5.28. The van der Waals surface area contributed by atoms with Crippen LogP contribution in [0, 0.1) is 17.8 Å². The van der Waals surface area contributed by atoms with Gasteiger partial charge in [-0.1, -0.05) is 25.8 Å². The molecular formula is C30H49N3O3. The van der Waals surface area contributed by atoms with Crippen LogP contribution >= 0.6 is 0 Å². The lowest BCUT2D eigenvalue weighted by Crippen LogP contribution is -2.59. The Balaban J connectivity index is 1.23. The van der Waals surface area contributed by atoms with Crippen LogP contribution in [0.25, 0.3) is 0 Å². The number of piperazine rings is 1. The van der Waals surface area contributed by atoms with Gasteiger partial charge in [0.25, 0.3) is 0 Å². The first-order chi connectivity index (χ1) is 17.3. The minimum Gasteiger partial charge on any atom is -0.374 e. The number of methoxy groups -OCH3 is 2. The van der Waals surface area contributed by atoms with E-state index in [4.69, 9.17) is 9.47 Å². The van der Waals surface area contributed by atoms with Crippen molar-refractivity contribution in [1.82, 2.24) is 15.1 Å². The Morgan fingerprint density at radius 1 is 1.17 bits per heavy atom. The van der Waals surface area contributed by atoms with Gasteiger partial charge in [-0.05, 0) is 82.8 Å². The predicted octanol–water partition coefficient (Wildman–Crippen LogP) is 4.51. The summed E-state index contributed by atoms with van der Waals surface area (Å²) in [6.07, 6.45) is 17.3. The van der Waals surface area contributed by atoms with Crippen LogP contribution in [0.4, 0.5) is 0 Å². The van der Waals surface area contributed by atoms with Gasteiger partial charge in [-0.15, -0.1) is 0 Å². The van der Waals surface area contributed by atoms with Crippen LogP contribution in [0.1, 0.15) is 78.6 Å². The van der Waals surface area contributed by atoms with E-state index in [1.165, 1.54) is 50.6 Å². The van der Waals surface area contributed by atoms with Crippen molar-refractivity contribution in [1.29, 1.82) is 0 Å². The molecule has 0 aromatic heterocycles. The van der Waals surface area contributed by atoms with Gasteiger partial charge in [-0.3, -0.25) is 4.79 Å². The van der Waals surface area contributed by atoms with Crippen LogP contribution < -0.4 is 5.32 Å². The molecule has 5 aliphatic rings. The lowest BCUT2D eigenvalue weighted by molar-refractivity contribution is -0.145. The first kappa shape index (κ1) is 26.2. The van der Waals surface area contributed by atoms with Gasteiger partial charge in [0, 0.05) is 57.0 Å². The zero-order valence-electron chi connectivity index (χ0n) is 23.3. The zero-order chi connectivity index (χ0) is 25.5. The first-order valence-corrected chi connectivity index (χ1v) is 14.6. The summed E-state index contributed by atoms with van der Waals surface area (Å²) >= 11 is 0. The second-order valence-electron chi connectivity index (χ2n) is 12.8. The average molecular weight is 500 g/mol. The molecule has 1 spiro atoms. The van der Waals surface area contributed by atoms with Crippen LogP contribution in [0.3, 0.4) is 0 Å². The lowest BCUT2D eigenvalue weighted by atomic mass is 9.75. The van der Waals surface area contributed by atoms with Crippen molar-refractivity contribution in [2.45, 2.75) is 108 Å². The van der Waals surface area contributed by atoms with Gasteiger partial charge in [0.1, 0.15) is 12.2 Å². The van der Waals surface area contributed by atoms with E-state index in [0.717, 1.165) is 32.5 Å². The third-order valence-corrected chi connectivity index (χ3v) is 10.1. The molecular weight excluding hydrogens is 450 g/mol. The molecule has 3 saturated carbocycles. The van der Waals surface area contributed by atoms with Gasteiger partial charge >= 0.3 is 0 Å². The molecule has 6 heteroatoms. The van der Waals surface area contributed by atoms with E-state index >= 15 is 0 Å². The quantitative estimate of drug-likeness (QED) is 0.506. The molecule has 1 saturated heterocycles. The van der Waals surface area contributed by atoms with E-state index in [0.29, 0.717) is 29.3 Å². The highest BCUT2D eigenvalue weighted by Crippen LogP contribution is 2.52. The van der Waals surface area contributed by atoms with E-state index in [9.17, 15) is 4.79 Å². The fourth-order valence-corrected chi connectivity index (χ4v) is 7.34. The Bertz CT molecular complexity index is 868. The van der Waals surface area contributed by atoms with E-state index in [-0.39, 0.29) is 23.7 Å². The van der Waals surface area contributed by atoms with Crippen LogP contribution in [0.5, 0.6) is 0 Å². The van der Waals surface area contributed by atoms with Gasteiger partial charge in [0.15, 0.2) is 0 Å². The van der Waals surface area contributed by atoms with E-state index in [1.807, 2.05) is 0 Å². The topological polar surface area (TPSA) is 54.0 Å². The maximum absolute atomic E-state index is 14.1. The zero-order valence-corrected chi connectivity index (χ0v) is 23.3. The Hall–Kier alpha value is -1.37. The molecule has 0 bridgehead atoms. The number of rotatable bonds is 9. The SMILES string of the molecule is COC1C=C(N2CCN(C(=O)[C@@H]3CCCCC3CCC(C)NC3(C)CC3)C3(CC3C)C2)C=C[C@H]1OC. The molecule has 6 nitrogen and oxygen atoms in total. The van der Waals surface area contributed by atoms with E-state index in [2.05, 4.69) is 54.1 Å². The van der Waals surface area contributed by atoms with Crippen molar-refractivity contribution in [3.05, 3.63) is 23.9 Å². The molecule has 1 amide bonds. The van der Waals surface area contributed by atoms with Crippen LogP contribution in [0.2, 0.25) is 0 Å². The van der Waals surface area contributed by atoms with Gasteiger partial charge < -0.3 is 24.6 Å². The van der Waals surface area contributed by atoms with Gasteiger partial charge in [0.2, 0.25) is 5.91 Å². The van der Waals surface area contributed by atoms with Crippen molar-refractivity contribution in [2.75, 3.05) is 33.9 Å². The van der Waals surface area contributed by atoms with Gasteiger partial charge in [-0.25, -0.2) is 0 Å². The number of nitrogens with zero attached hydrogens (tertiary/aromatic N) is 2. The molecule has 1 N–H and O–H groups in total. The predicted molar refractivity (Wildman–Crippen MR) is 144 cm³/mol. The first-order valence-electron chi connectivity index (χ1n) is 14.6. The van der Waals surface area contributed by atoms with E-state index in [1.54, 1.807) is 14.2 Å². The molecule has 202 valence electrons. The number of nitrogens with one attached hydrogen (secondary N) is 1. The summed E-state index contributed by atoms with van der Waals surface area (Å²) in [6.45, 7) is 9.66. The number of carbonyl (C=O) groups is 1. The number of hydrogen-bond donors (Lipinski definition) is 1. The Morgan fingerprint density at radius 2 is 1.89 bits per heavy atom. The summed E-state index contributed by atoms with van der Waals surface area (Å²) in [5, 5.41) is 3.83. The summed E-state index contributed by atoms with van der Waals surface area (Å²) in [5.74, 6) is 1.78. The molecule has 0 radical (unpaired) electrons. The maximum Gasteiger partial charge on any atom is 0.226 e. The van der Waals surface area contributed by atoms with Gasteiger partial charge in [-0.2, -0.15) is 0 Å². The van der Waals surface area contributed by atoms with Crippen LogP contribution in [-0.4, -0.2) is 78.9 Å². The number of allylic oxidation sites excluding steroid dienone is 1. The fraction of sp³-hybridized carbons (Fsp3) is 0.833. The molecule has 7 atom stereocenters. The Kier molecular flexibility index (Phi) is 7.59. The van der Waals surface area contributed by atoms with Crippen molar-refractivity contribution >= 4 is 5.91 Å². The van der Waals surface area contributed by atoms with Crippen molar-refractivity contribution in [2.24, 2.45) is 17.8 Å². The molecule has 5 unspecified atom stereocenters. The van der Waals surface area contributed by atoms with Gasteiger partial charge in [0.05, 0.1) is 5.54 Å².